The molecule has 0 spiro atoms. The van der Waals surface area contributed by atoms with Gasteiger partial charge in [0.2, 0.25) is 11.8 Å². The number of nitrogens with zero attached hydrogens (tertiary/aromatic N) is 4. The molecule has 1 aromatic carbocycles. The zero-order valence-electron chi connectivity index (χ0n) is 18.9. The molecular formula is C23H35IN6O2. The molecule has 3 aliphatic rings. The third-order valence-corrected chi connectivity index (χ3v) is 6.18. The van der Waals surface area contributed by atoms with E-state index >= 15 is 0 Å². The van der Waals surface area contributed by atoms with Gasteiger partial charge >= 0.3 is 0 Å². The summed E-state index contributed by atoms with van der Waals surface area (Å²) in [4.78, 5) is 34.8. The summed E-state index contributed by atoms with van der Waals surface area (Å²) < 4.78 is 0. The molecule has 0 radical (unpaired) electrons. The molecule has 176 valence electrons. The minimum absolute atomic E-state index is 0. The minimum Gasteiger partial charge on any atom is -0.352 e. The average molecular weight is 554 g/mol. The minimum atomic E-state index is 0. The first-order chi connectivity index (χ1) is 15.1. The molecule has 32 heavy (non-hydrogen) atoms. The number of carbonyl (C=O) groups is 2. The second-order valence-corrected chi connectivity index (χ2v) is 8.74. The van der Waals surface area contributed by atoms with E-state index in [0.29, 0.717) is 32.1 Å². The Morgan fingerprint density at radius 1 is 1.12 bits per heavy atom. The van der Waals surface area contributed by atoms with Crippen molar-refractivity contribution >= 4 is 41.8 Å². The van der Waals surface area contributed by atoms with Gasteiger partial charge in [0, 0.05) is 65.3 Å². The molecule has 2 N–H and O–H groups in total. The standard InChI is InChI=1S/C23H34N6O2.HI/c1-24-23(28-12-10-27(11-13-28)17-21(30)26-20-7-8-20)25-15-18-4-2-5-19(14-18)16-29-9-3-6-22(29)31;/h2,4-5,14,20H,3,6-13,15-17H2,1H3,(H,24,25)(H,26,30);1H. The molecule has 2 aliphatic heterocycles. The topological polar surface area (TPSA) is 80.3 Å². The SMILES string of the molecule is CN=C(NCc1cccc(CN2CCCC2=O)c1)N1CCN(CC(=O)NC2CC2)CC1.I. The van der Waals surface area contributed by atoms with Gasteiger partial charge in [-0.05, 0) is 30.4 Å². The number of carbonyl (C=O) groups excluding carboxylic acids is 2. The van der Waals surface area contributed by atoms with E-state index in [-0.39, 0.29) is 35.8 Å². The summed E-state index contributed by atoms with van der Waals surface area (Å²) in [7, 11) is 1.81. The zero-order chi connectivity index (χ0) is 21.6. The third-order valence-electron chi connectivity index (χ3n) is 6.18. The van der Waals surface area contributed by atoms with Crippen molar-refractivity contribution in [2.45, 2.75) is 44.8 Å². The van der Waals surface area contributed by atoms with Crippen LogP contribution >= 0.6 is 24.0 Å². The highest BCUT2D eigenvalue weighted by Crippen LogP contribution is 2.18. The van der Waals surface area contributed by atoms with Crippen LogP contribution in [0.1, 0.15) is 36.8 Å². The van der Waals surface area contributed by atoms with Gasteiger partial charge in [0.25, 0.3) is 0 Å². The number of halogens is 1. The van der Waals surface area contributed by atoms with E-state index in [2.05, 4.69) is 49.7 Å². The van der Waals surface area contributed by atoms with Crippen LogP contribution < -0.4 is 10.6 Å². The maximum Gasteiger partial charge on any atom is 0.234 e. The fraction of sp³-hybridized carbons (Fsp3) is 0.609. The van der Waals surface area contributed by atoms with Gasteiger partial charge in [0.05, 0.1) is 6.54 Å². The second-order valence-electron chi connectivity index (χ2n) is 8.74. The van der Waals surface area contributed by atoms with Gasteiger partial charge in [-0.25, -0.2) is 0 Å². The molecule has 2 saturated heterocycles. The van der Waals surface area contributed by atoms with Crippen molar-refractivity contribution in [1.82, 2.24) is 25.3 Å². The number of hydrogen-bond donors (Lipinski definition) is 2. The first kappa shape index (κ1) is 24.8. The van der Waals surface area contributed by atoms with Crippen LogP contribution in [0, 0.1) is 0 Å². The van der Waals surface area contributed by atoms with Crippen molar-refractivity contribution in [3.8, 4) is 0 Å². The fourth-order valence-electron chi connectivity index (χ4n) is 4.26. The normalized spacial score (nSPS) is 19.7. The van der Waals surface area contributed by atoms with E-state index in [1.54, 1.807) is 0 Å². The molecule has 2 amide bonds. The molecule has 4 rings (SSSR count). The van der Waals surface area contributed by atoms with Gasteiger partial charge in [-0.1, -0.05) is 24.3 Å². The smallest absolute Gasteiger partial charge is 0.234 e. The Morgan fingerprint density at radius 3 is 2.53 bits per heavy atom. The van der Waals surface area contributed by atoms with Crippen molar-refractivity contribution in [2.24, 2.45) is 4.99 Å². The molecular weight excluding hydrogens is 519 g/mol. The number of rotatable bonds is 7. The number of nitrogens with one attached hydrogen (secondary N) is 2. The summed E-state index contributed by atoms with van der Waals surface area (Å²) in [6.07, 6.45) is 3.90. The number of aliphatic imine (C=N–C) groups is 1. The monoisotopic (exact) mass is 554 g/mol. The van der Waals surface area contributed by atoms with Crippen LogP contribution in [0.3, 0.4) is 0 Å². The molecule has 1 aromatic rings. The van der Waals surface area contributed by atoms with Gasteiger partial charge in [-0.15, -0.1) is 24.0 Å². The van der Waals surface area contributed by atoms with Crippen LogP contribution in [-0.4, -0.2) is 84.8 Å². The zero-order valence-corrected chi connectivity index (χ0v) is 21.2. The maximum atomic E-state index is 12.0. The van der Waals surface area contributed by atoms with E-state index in [0.717, 1.165) is 57.9 Å². The van der Waals surface area contributed by atoms with Gasteiger partial charge in [0.15, 0.2) is 5.96 Å². The third kappa shape index (κ3) is 7.06. The first-order valence-electron chi connectivity index (χ1n) is 11.4. The molecule has 8 nitrogen and oxygen atoms in total. The molecule has 1 aliphatic carbocycles. The number of amides is 2. The fourth-order valence-corrected chi connectivity index (χ4v) is 4.26. The predicted octanol–water partition coefficient (Wildman–Crippen LogP) is 1.40. The quantitative estimate of drug-likeness (QED) is 0.303. The molecule has 2 heterocycles. The molecule has 0 atom stereocenters. The van der Waals surface area contributed by atoms with Crippen molar-refractivity contribution in [1.29, 1.82) is 0 Å². The van der Waals surface area contributed by atoms with Crippen molar-refractivity contribution in [2.75, 3.05) is 46.3 Å². The van der Waals surface area contributed by atoms with E-state index in [9.17, 15) is 9.59 Å². The largest absolute Gasteiger partial charge is 0.352 e. The van der Waals surface area contributed by atoms with Crippen LogP contribution in [0.2, 0.25) is 0 Å². The molecule has 9 heteroatoms. The first-order valence-corrected chi connectivity index (χ1v) is 11.4. The van der Waals surface area contributed by atoms with Crippen molar-refractivity contribution < 1.29 is 9.59 Å². The Kier molecular flexibility index (Phi) is 9.15. The number of guanidine groups is 1. The summed E-state index contributed by atoms with van der Waals surface area (Å²) >= 11 is 0. The summed E-state index contributed by atoms with van der Waals surface area (Å²) in [6.45, 7) is 6.16. The average Bonchev–Trinajstić information content (AvgIpc) is 3.49. The van der Waals surface area contributed by atoms with Gasteiger partial charge in [0.1, 0.15) is 0 Å². The van der Waals surface area contributed by atoms with Crippen molar-refractivity contribution in [3.05, 3.63) is 35.4 Å². The van der Waals surface area contributed by atoms with Gasteiger partial charge in [-0.3, -0.25) is 19.5 Å². The molecule has 3 fully saturated rings. The lowest BCUT2D eigenvalue weighted by molar-refractivity contribution is -0.128. The number of hydrogen-bond acceptors (Lipinski definition) is 4. The predicted molar refractivity (Wildman–Crippen MR) is 136 cm³/mol. The number of likely N-dealkylation sites (tertiary alicyclic amines) is 1. The molecule has 0 unspecified atom stereocenters. The Hall–Kier alpha value is -1.88. The highest BCUT2D eigenvalue weighted by atomic mass is 127. The summed E-state index contributed by atoms with van der Waals surface area (Å²) in [5, 5.41) is 6.53. The Bertz CT molecular complexity index is 820. The Labute approximate surface area is 207 Å². The maximum absolute atomic E-state index is 12.0. The summed E-state index contributed by atoms with van der Waals surface area (Å²) in [5.41, 5.74) is 2.35. The molecule has 1 saturated carbocycles. The Balaban J connectivity index is 0.00000289. The second kappa shape index (κ2) is 11.8. The number of benzene rings is 1. The van der Waals surface area contributed by atoms with Crippen molar-refractivity contribution in [3.63, 3.8) is 0 Å². The summed E-state index contributed by atoms with van der Waals surface area (Å²) in [6, 6.07) is 8.84. The van der Waals surface area contributed by atoms with E-state index in [1.165, 1.54) is 11.1 Å². The van der Waals surface area contributed by atoms with Gasteiger partial charge in [-0.2, -0.15) is 0 Å². The lowest BCUT2D eigenvalue weighted by Crippen LogP contribution is -2.54. The lowest BCUT2D eigenvalue weighted by Gasteiger charge is -2.36. The van der Waals surface area contributed by atoms with E-state index in [1.807, 2.05) is 11.9 Å². The summed E-state index contributed by atoms with van der Waals surface area (Å²) in [5.74, 6) is 1.30. The van der Waals surface area contributed by atoms with E-state index in [4.69, 9.17) is 0 Å². The molecule has 0 aromatic heterocycles. The van der Waals surface area contributed by atoms with Crippen LogP contribution in [-0.2, 0) is 22.7 Å². The highest BCUT2D eigenvalue weighted by Gasteiger charge is 2.26. The van der Waals surface area contributed by atoms with Crippen LogP contribution in [0.15, 0.2) is 29.3 Å². The molecule has 0 bridgehead atoms. The lowest BCUT2D eigenvalue weighted by atomic mass is 10.1. The van der Waals surface area contributed by atoms with Crippen LogP contribution in [0.5, 0.6) is 0 Å². The van der Waals surface area contributed by atoms with E-state index < -0.39 is 0 Å². The van der Waals surface area contributed by atoms with Crippen LogP contribution in [0.25, 0.3) is 0 Å². The highest BCUT2D eigenvalue weighted by molar-refractivity contribution is 14.0. The van der Waals surface area contributed by atoms with Crippen LogP contribution in [0.4, 0.5) is 0 Å². The van der Waals surface area contributed by atoms with Gasteiger partial charge < -0.3 is 20.4 Å². The Morgan fingerprint density at radius 2 is 1.88 bits per heavy atom. The number of piperazine rings is 1.